The summed E-state index contributed by atoms with van der Waals surface area (Å²) in [5.41, 5.74) is 1.07. The fourth-order valence-corrected chi connectivity index (χ4v) is 4.31. The van der Waals surface area contributed by atoms with Crippen molar-refractivity contribution in [3.8, 4) is 0 Å². The molecule has 1 N–H and O–H groups in total. The zero-order valence-corrected chi connectivity index (χ0v) is 13.1. The largest absolute Gasteiger partial charge is 0.374 e. The maximum atomic E-state index is 13.4. The van der Waals surface area contributed by atoms with Gasteiger partial charge in [-0.2, -0.15) is 0 Å². The number of aromatic nitrogens is 2. The predicted octanol–water partition coefficient (Wildman–Crippen LogP) is 0.376. The van der Waals surface area contributed by atoms with Gasteiger partial charge < -0.3 is 15.0 Å². The quantitative estimate of drug-likeness (QED) is 0.812. The third-order valence-electron chi connectivity index (χ3n) is 5.70. The van der Waals surface area contributed by atoms with Crippen LogP contribution in [0.25, 0.3) is 0 Å². The molecule has 1 aromatic rings. The van der Waals surface area contributed by atoms with Crippen LogP contribution >= 0.6 is 0 Å². The molecule has 6 nitrogen and oxygen atoms in total. The third kappa shape index (κ3) is 1.77. The van der Waals surface area contributed by atoms with Gasteiger partial charge in [-0.05, 0) is 13.8 Å². The minimum absolute atomic E-state index is 0.210. The highest BCUT2D eigenvalue weighted by molar-refractivity contribution is 5.86. The number of carbonyl (C=O) groups excluding carboxylic acids is 1. The lowest BCUT2D eigenvalue weighted by Crippen LogP contribution is -2.57. The molecule has 6 heteroatoms. The van der Waals surface area contributed by atoms with Crippen LogP contribution in [0, 0.1) is 11.3 Å². The molecule has 0 aromatic carbocycles. The van der Waals surface area contributed by atoms with Crippen molar-refractivity contribution in [1.82, 2.24) is 20.2 Å². The van der Waals surface area contributed by atoms with Gasteiger partial charge >= 0.3 is 0 Å². The molecule has 3 aliphatic rings. The molecule has 22 heavy (non-hydrogen) atoms. The summed E-state index contributed by atoms with van der Waals surface area (Å²) in [6, 6.07) is 0. The molecule has 4 heterocycles. The van der Waals surface area contributed by atoms with Crippen molar-refractivity contribution in [2.45, 2.75) is 32.4 Å². The minimum atomic E-state index is -0.452. The maximum absolute atomic E-state index is 13.4. The van der Waals surface area contributed by atoms with E-state index in [0.717, 1.165) is 30.9 Å². The van der Waals surface area contributed by atoms with Crippen molar-refractivity contribution >= 4 is 5.91 Å². The Morgan fingerprint density at radius 3 is 2.95 bits per heavy atom. The summed E-state index contributed by atoms with van der Waals surface area (Å²) in [4.78, 5) is 24.1. The molecule has 2 fully saturated rings. The number of hydrogen-bond donors (Lipinski definition) is 1. The number of carbonyl (C=O) groups is 1. The average Bonchev–Trinajstić information content (AvgIpc) is 3.06. The van der Waals surface area contributed by atoms with Crippen LogP contribution < -0.4 is 5.32 Å². The van der Waals surface area contributed by atoms with Gasteiger partial charge in [-0.15, -0.1) is 0 Å². The van der Waals surface area contributed by atoms with Crippen LogP contribution in [0.15, 0.2) is 12.4 Å². The molecular weight excluding hydrogens is 280 g/mol. The number of hydrogen-bond acceptors (Lipinski definition) is 5. The van der Waals surface area contributed by atoms with E-state index in [9.17, 15) is 4.79 Å². The Morgan fingerprint density at radius 2 is 2.14 bits per heavy atom. The molecule has 1 amide bonds. The highest BCUT2D eigenvalue weighted by Crippen LogP contribution is 2.50. The Hall–Kier alpha value is -1.53. The number of fused-ring (bicyclic) bond motifs is 2. The standard InChI is InChI=1S/C16H22N4O2/c1-15(2)16(10-17-7-11(16)9-22-15)14(21)20-6-3-12-13(8-20)19-5-4-18-12/h4-5,11,17H,3,6-10H2,1-2H3. The van der Waals surface area contributed by atoms with E-state index in [1.165, 1.54) is 0 Å². The SMILES string of the molecule is CC1(C)OCC2CNCC21C(=O)N1CCc2nccnc2C1. The molecule has 0 spiro atoms. The summed E-state index contributed by atoms with van der Waals surface area (Å²) in [6.45, 7) is 7.61. The maximum Gasteiger partial charge on any atom is 0.233 e. The number of ether oxygens (including phenoxy) is 1. The molecule has 118 valence electrons. The first-order chi connectivity index (χ1) is 10.5. The normalized spacial score (nSPS) is 32.6. The van der Waals surface area contributed by atoms with E-state index in [-0.39, 0.29) is 11.8 Å². The van der Waals surface area contributed by atoms with Crippen LogP contribution in [0.4, 0.5) is 0 Å². The minimum Gasteiger partial charge on any atom is -0.374 e. The van der Waals surface area contributed by atoms with E-state index in [4.69, 9.17) is 4.74 Å². The van der Waals surface area contributed by atoms with Gasteiger partial charge in [0.1, 0.15) is 0 Å². The summed E-state index contributed by atoms with van der Waals surface area (Å²) in [7, 11) is 0. The van der Waals surface area contributed by atoms with Gasteiger partial charge in [-0.25, -0.2) is 0 Å². The second-order valence-corrected chi connectivity index (χ2v) is 7.05. The molecule has 0 saturated carbocycles. The third-order valence-corrected chi connectivity index (χ3v) is 5.70. The van der Waals surface area contributed by atoms with E-state index >= 15 is 0 Å². The van der Waals surface area contributed by atoms with Crippen molar-refractivity contribution in [2.24, 2.45) is 11.3 Å². The van der Waals surface area contributed by atoms with E-state index in [2.05, 4.69) is 29.1 Å². The topological polar surface area (TPSA) is 67.3 Å². The van der Waals surface area contributed by atoms with Gasteiger partial charge in [0.25, 0.3) is 0 Å². The Bertz CT molecular complexity index is 618. The summed E-state index contributed by atoms with van der Waals surface area (Å²) in [5.74, 6) is 0.472. The van der Waals surface area contributed by atoms with Gasteiger partial charge in [0.2, 0.25) is 5.91 Å². The Kier molecular flexibility index (Phi) is 3.03. The summed E-state index contributed by atoms with van der Waals surface area (Å²) >= 11 is 0. The second-order valence-electron chi connectivity index (χ2n) is 7.05. The number of nitrogens with zero attached hydrogens (tertiary/aromatic N) is 3. The Labute approximate surface area is 130 Å². The van der Waals surface area contributed by atoms with Crippen molar-refractivity contribution < 1.29 is 9.53 Å². The first-order valence-corrected chi connectivity index (χ1v) is 7.97. The van der Waals surface area contributed by atoms with Gasteiger partial charge in [0.15, 0.2) is 0 Å². The molecule has 0 radical (unpaired) electrons. The first-order valence-electron chi connectivity index (χ1n) is 7.97. The summed E-state index contributed by atoms with van der Waals surface area (Å²) < 4.78 is 5.98. The van der Waals surface area contributed by atoms with Gasteiger partial charge in [-0.3, -0.25) is 14.8 Å². The zero-order valence-electron chi connectivity index (χ0n) is 13.1. The number of rotatable bonds is 1. The van der Waals surface area contributed by atoms with E-state index in [0.29, 0.717) is 19.7 Å². The molecule has 0 aliphatic carbocycles. The smallest absolute Gasteiger partial charge is 0.233 e. The van der Waals surface area contributed by atoms with Crippen molar-refractivity contribution in [3.05, 3.63) is 23.8 Å². The van der Waals surface area contributed by atoms with Crippen LogP contribution in [-0.4, -0.2) is 52.6 Å². The summed E-state index contributed by atoms with van der Waals surface area (Å²) in [5, 5.41) is 3.40. The lowest BCUT2D eigenvalue weighted by atomic mass is 9.68. The predicted molar refractivity (Wildman–Crippen MR) is 80.0 cm³/mol. The average molecular weight is 302 g/mol. The summed E-state index contributed by atoms with van der Waals surface area (Å²) in [6.07, 6.45) is 4.21. The van der Waals surface area contributed by atoms with Gasteiger partial charge in [-0.1, -0.05) is 0 Å². The van der Waals surface area contributed by atoms with Crippen molar-refractivity contribution in [2.75, 3.05) is 26.2 Å². The molecule has 1 aromatic heterocycles. The molecular formula is C16H22N4O2. The molecule has 0 bridgehead atoms. The molecule has 2 saturated heterocycles. The molecule has 2 unspecified atom stereocenters. The van der Waals surface area contributed by atoms with Gasteiger partial charge in [0.05, 0.1) is 35.6 Å². The van der Waals surface area contributed by atoms with E-state index in [1.54, 1.807) is 12.4 Å². The molecule has 4 rings (SSSR count). The zero-order chi connectivity index (χ0) is 15.4. The van der Waals surface area contributed by atoms with E-state index < -0.39 is 11.0 Å². The fourth-order valence-electron chi connectivity index (χ4n) is 4.31. The number of nitrogens with one attached hydrogen (secondary N) is 1. The lowest BCUT2D eigenvalue weighted by molar-refractivity contribution is -0.152. The van der Waals surface area contributed by atoms with Crippen LogP contribution in [0.1, 0.15) is 25.2 Å². The Balaban J connectivity index is 1.65. The highest BCUT2D eigenvalue weighted by Gasteiger charge is 2.64. The number of amides is 1. The van der Waals surface area contributed by atoms with Crippen molar-refractivity contribution in [3.63, 3.8) is 0 Å². The lowest BCUT2D eigenvalue weighted by Gasteiger charge is -2.42. The molecule has 3 aliphatic heterocycles. The first kappa shape index (κ1) is 14.1. The van der Waals surface area contributed by atoms with Crippen LogP contribution in [0.5, 0.6) is 0 Å². The van der Waals surface area contributed by atoms with Crippen molar-refractivity contribution in [1.29, 1.82) is 0 Å². The fraction of sp³-hybridized carbons (Fsp3) is 0.688. The van der Waals surface area contributed by atoms with Crippen LogP contribution in [-0.2, 0) is 22.5 Å². The van der Waals surface area contributed by atoms with Gasteiger partial charge in [0, 0.05) is 44.4 Å². The van der Waals surface area contributed by atoms with Crippen LogP contribution in [0.3, 0.4) is 0 Å². The van der Waals surface area contributed by atoms with E-state index in [1.807, 2.05) is 4.90 Å². The molecule has 2 atom stereocenters. The Morgan fingerprint density at radius 1 is 1.36 bits per heavy atom. The second kappa shape index (κ2) is 4.73. The van der Waals surface area contributed by atoms with Crippen LogP contribution in [0.2, 0.25) is 0 Å². The highest BCUT2D eigenvalue weighted by atomic mass is 16.5. The monoisotopic (exact) mass is 302 g/mol.